The van der Waals surface area contributed by atoms with E-state index in [0.717, 1.165) is 18.2 Å². The Bertz CT molecular complexity index is 517. The first-order chi connectivity index (χ1) is 9.26. The van der Waals surface area contributed by atoms with Crippen LogP contribution in [-0.4, -0.2) is 29.6 Å². The van der Waals surface area contributed by atoms with Crippen molar-refractivity contribution in [2.75, 3.05) is 13.2 Å². The van der Waals surface area contributed by atoms with Gasteiger partial charge < -0.3 is 10.1 Å². The van der Waals surface area contributed by atoms with Crippen molar-refractivity contribution in [1.82, 2.24) is 5.32 Å². The van der Waals surface area contributed by atoms with Crippen molar-refractivity contribution in [2.45, 2.75) is 26.4 Å². The maximum atomic E-state index is 13.1. The van der Waals surface area contributed by atoms with E-state index in [1.165, 1.54) is 0 Å². The average molecular weight is 284 g/mol. The van der Waals surface area contributed by atoms with Crippen LogP contribution in [0.25, 0.3) is 0 Å². The Kier molecular flexibility index (Phi) is 5.15. The van der Waals surface area contributed by atoms with Crippen molar-refractivity contribution in [3.8, 4) is 0 Å². The zero-order valence-electron chi connectivity index (χ0n) is 11.6. The third-order valence-electron chi connectivity index (χ3n) is 2.61. The van der Waals surface area contributed by atoms with Crippen LogP contribution < -0.4 is 5.32 Å². The van der Waals surface area contributed by atoms with Crippen molar-refractivity contribution >= 4 is 11.6 Å². The molecule has 0 aliphatic carbocycles. The zero-order chi connectivity index (χ0) is 15.3. The molecule has 0 spiro atoms. The van der Waals surface area contributed by atoms with Crippen LogP contribution in [0.4, 0.5) is 10.1 Å². The fourth-order valence-electron chi connectivity index (χ4n) is 1.68. The van der Waals surface area contributed by atoms with Crippen molar-refractivity contribution in [2.24, 2.45) is 0 Å². The number of nitro benzene ring substituents is 1. The molecular weight excluding hydrogens is 267 g/mol. The number of amides is 1. The Balaban J connectivity index is 2.87. The number of rotatable bonds is 6. The maximum Gasteiger partial charge on any atom is 0.282 e. The first-order valence-corrected chi connectivity index (χ1v) is 6.13. The SMILES string of the molecule is CCOC(C)(C)CNC(=O)c1cc(F)ccc1[N+](=O)[O-]. The molecule has 0 aromatic heterocycles. The Hall–Kier alpha value is -2.02. The van der Waals surface area contributed by atoms with Crippen LogP contribution in [0, 0.1) is 15.9 Å². The lowest BCUT2D eigenvalue weighted by molar-refractivity contribution is -0.385. The number of halogens is 1. The minimum absolute atomic E-state index is 0.160. The summed E-state index contributed by atoms with van der Waals surface area (Å²) in [5.41, 5.74) is -1.34. The van der Waals surface area contributed by atoms with E-state index in [1.807, 2.05) is 6.92 Å². The molecule has 0 saturated carbocycles. The van der Waals surface area contributed by atoms with Gasteiger partial charge in [0.15, 0.2) is 0 Å². The minimum atomic E-state index is -0.720. The third kappa shape index (κ3) is 4.27. The number of carbonyl (C=O) groups excluding carboxylic acids is 1. The molecule has 0 aliphatic rings. The number of nitrogens with one attached hydrogen (secondary N) is 1. The van der Waals surface area contributed by atoms with E-state index in [1.54, 1.807) is 13.8 Å². The first kappa shape index (κ1) is 16.0. The van der Waals surface area contributed by atoms with E-state index in [2.05, 4.69) is 5.32 Å². The third-order valence-corrected chi connectivity index (χ3v) is 2.61. The Morgan fingerprint density at radius 1 is 1.50 bits per heavy atom. The normalized spacial score (nSPS) is 11.2. The summed E-state index contributed by atoms with van der Waals surface area (Å²) in [5, 5.41) is 13.3. The molecule has 0 bridgehead atoms. The molecule has 110 valence electrons. The number of carbonyl (C=O) groups is 1. The summed E-state index contributed by atoms with van der Waals surface area (Å²) in [4.78, 5) is 22.0. The molecule has 20 heavy (non-hydrogen) atoms. The fraction of sp³-hybridized carbons (Fsp3) is 0.462. The van der Waals surface area contributed by atoms with Crippen molar-refractivity contribution in [1.29, 1.82) is 0 Å². The Labute approximate surface area is 116 Å². The second kappa shape index (κ2) is 6.42. The Morgan fingerprint density at radius 3 is 2.70 bits per heavy atom. The van der Waals surface area contributed by atoms with Crippen LogP contribution in [-0.2, 0) is 4.74 Å². The highest BCUT2D eigenvalue weighted by Gasteiger charge is 2.24. The highest BCUT2D eigenvalue weighted by molar-refractivity contribution is 5.98. The predicted molar refractivity (Wildman–Crippen MR) is 71.1 cm³/mol. The van der Waals surface area contributed by atoms with Gasteiger partial charge in [-0.2, -0.15) is 0 Å². The summed E-state index contributed by atoms with van der Waals surface area (Å²) in [6.45, 7) is 6.00. The number of nitrogens with zero attached hydrogens (tertiary/aromatic N) is 1. The lowest BCUT2D eigenvalue weighted by Gasteiger charge is -2.24. The van der Waals surface area contributed by atoms with E-state index < -0.39 is 27.9 Å². The van der Waals surface area contributed by atoms with E-state index in [0.29, 0.717) is 6.61 Å². The van der Waals surface area contributed by atoms with Gasteiger partial charge in [0.2, 0.25) is 0 Å². The molecule has 0 fully saturated rings. The number of hydrogen-bond acceptors (Lipinski definition) is 4. The van der Waals surface area contributed by atoms with Gasteiger partial charge in [-0.25, -0.2) is 4.39 Å². The highest BCUT2D eigenvalue weighted by Crippen LogP contribution is 2.19. The second-order valence-corrected chi connectivity index (χ2v) is 4.79. The summed E-state index contributed by atoms with van der Waals surface area (Å²) in [6.07, 6.45) is 0. The second-order valence-electron chi connectivity index (χ2n) is 4.79. The van der Waals surface area contributed by atoms with Gasteiger partial charge in [0, 0.05) is 19.2 Å². The number of hydrogen-bond donors (Lipinski definition) is 1. The van der Waals surface area contributed by atoms with Crippen LogP contribution in [0.5, 0.6) is 0 Å². The first-order valence-electron chi connectivity index (χ1n) is 6.13. The summed E-state index contributed by atoms with van der Waals surface area (Å²) < 4.78 is 18.5. The number of ether oxygens (including phenoxy) is 1. The number of benzene rings is 1. The summed E-state index contributed by atoms with van der Waals surface area (Å²) in [7, 11) is 0. The summed E-state index contributed by atoms with van der Waals surface area (Å²) in [6, 6.07) is 2.76. The predicted octanol–water partition coefficient (Wildman–Crippen LogP) is 2.28. The average Bonchev–Trinajstić information content (AvgIpc) is 2.35. The largest absolute Gasteiger partial charge is 0.374 e. The molecule has 1 aromatic carbocycles. The Morgan fingerprint density at radius 2 is 2.15 bits per heavy atom. The van der Waals surface area contributed by atoms with Gasteiger partial charge in [-0.3, -0.25) is 14.9 Å². The molecule has 1 rings (SSSR count). The lowest BCUT2D eigenvalue weighted by atomic mass is 10.1. The molecule has 0 heterocycles. The van der Waals surface area contributed by atoms with Gasteiger partial charge in [-0.1, -0.05) is 0 Å². The van der Waals surface area contributed by atoms with Gasteiger partial charge in [-0.15, -0.1) is 0 Å². The number of nitro groups is 1. The van der Waals surface area contributed by atoms with E-state index in [9.17, 15) is 19.3 Å². The van der Waals surface area contributed by atoms with Gasteiger partial charge in [-0.05, 0) is 32.9 Å². The topological polar surface area (TPSA) is 81.5 Å². The van der Waals surface area contributed by atoms with Gasteiger partial charge in [0.1, 0.15) is 11.4 Å². The summed E-state index contributed by atoms with van der Waals surface area (Å²) >= 11 is 0. The van der Waals surface area contributed by atoms with E-state index >= 15 is 0 Å². The quantitative estimate of drug-likeness (QED) is 0.641. The van der Waals surface area contributed by atoms with Crippen LogP contribution in [0.3, 0.4) is 0 Å². The monoisotopic (exact) mass is 284 g/mol. The molecular formula is C13H17FN2O4. The molecule has 0 atom stereocenters. The van der Waals surface area contributed by atoms with Crippen molar-refractivity contribution < 1.29 is 18.8 Å². The molecule has 1 N–H and O–H groups in total. The summed E-state index contributed by atoms with van der Waals surface area (Å²) in [5.74, 6) is -1.41. The molecule has 1 amide bonds. The van der Waals surface area contributed by atoms with Gasteiger partial charge in [0.25, 0.3) is 11.6 Å². The van der Waals surface area contributed by atoms with Crippen LogP contribution in [0.15, 0.2) is 18.2 Å². The van der Waals surface area contributed by atoms with Crippen LogP contribution >= 0.6 is 0 Å². The van der Waals surface area contributed by atoms with E-state index in [4.69, 9.17) is 4.74 Å². The van der Waals surface area contributed by atoms with E-state index in [-0.39, 0.29) is 12.1 Å². The molecule has 0 saturated heterocycles. The molecule has 0 unspecified atom stereocenters. The molecule has 6 nitrogen and oxygen atoms in total. The smallest absolute Gasteiger partial charge is 0.282 e. The van der Waals surface area contributed by atoms with Crippen LogP contribution in [0.1, 0.15) is 31.1 Å². The van der Waals surface area contributed by atoms with Crippen molar-refractivity contribution in [3.63, 3.8) is 0 Å². The van der Waals surface area contributed by atoms with Crippen molar-refractivity contribution in [3.05, 3.63) is 39.7 Å². The van der Waals surface area contributed by atoms with Gasteiger partial charge >= 0.3 is 0 Å². The zero-order valence-corrected chi connectivity index (χ0v) is 11.6. The fourth-order valence-corrected chi connectivity index (χ4v) is 1.68. The highest BCUT2D eigenvalue weighted by atomic mass is 19.1. The molecule has 7 heteroatoms. The lowest BCUT2D eigenvalue weighted by Crippen LogP contribution is -2.40. The van der Waals surface area contributed by atoms with Crippen LogP contribution in [0.2, 0.25) is 0 Å². The minimum Gasteiger partial charge on any atom is -0.374 e. The molecule has 0 radical (unpaired) electrons. The standard InChI is InChI=1S/C13H17FN2O4/c1-4-20-13(2,3)8-15-12(17)10-7-9(14)5-6-11(10)16(18)19/h5-7H,4,8H2,1-3H3,(H,15,17). The maximum absolute atomic E-state index is 13.1. The molecule has 0 aliphatic heterocycles. The molecule has 1 aromatic rings. The van der Waals surface area contributed by atoms with Gasteiger partial charge in [0.05, 0.1) is 10.5 Å².